The topological polar surface area (TPSA) is 29.1 Å². The van der Waals surface area contributed by atoms with Gasteiger partial charge in [0.1, 0.15) is 0 Å². The van der Waals surface area contributed by atoms with Crippen molar-refractivity contribution >= 4 is 17.1 Å². The molecule has 1 amide bonds. The van der Waals surface area contributed by atoms with Gasteiger partial charge in [0.05, 0.1) is 5.56 Å². The van der Waals surface area contributed by atoms with Gasteiger partial charge in [0, 0.05) is 23.3 Å². The number of rotatable bonds is 2. The van der Waals surface area contributed by atoms with Gasteiger partial charge in [-0.3, -0.25) is 4.79 Å². The zero-order valence-corrected chi connectivity index (χ0v) is 16.0. The highest BCUT2D eigenvalue weighted by Crippen LogP contribution is 2.35. The average Bonchev–Trinajstić information content (AvgIpc) is 2.91. The Kier molecular flexibility index (Phi) is 5.30. The number of carbonyl (C=O) groups is 1. The van der Waals surface area contributed by atoms with E-state index in [0.29, 0.717) is 18.5 Å². The van der Waals surface area contributed by atoms with E-state index >= 15 is 0 Å². The molecule has 1 aliphatic rings. The lowest BCUT2D eigenvalue weighted by atomic mass is 9.93. The molecule has 2 nitrogen and oxygen atoms in total. The zero-order chi connectivity index (χ0) is 21.1. The van der Waals surface area contributed by atoms with Crippen LogP contribution in [0.15, 0.2) is 84.6 Å². The number of carbonyl (C=O) groups excluding carboxylic acids is 1. The van der Waals surface area contributed by atoms with E-state index in [4.69, 9.17) is 0 Å². The molecule has 1 heterocycles. The van der Waals surface area contributed by atoms with Crippen LogP contribution in [0.4, 0.5) is 13.2 Å². The second-order valence-electron chi connectivity index (χ2n) is 6.97. The van der Waals surface area contributed by atoms with E-state index < -0.39 is 11.7 Å². The van der Waals surface area contributed by atoms with E-state index in [1.165, 1.54) is 6.07 Å². The Hall–Kier alpha value is -3.56. The van der Waals surface area contributed by atoms with Crippen molar-refractivity contribution in [1.82, 2.24) is 5.32 Å². The molecule has 30 heavy (non-hydrogen) atoms. The maximum atomic E-state index is 13.3. The highest BCUT2D eigenvalue weighted by molar-refractivity contribution is 6.01. The quantitative estimate of drug-likeness (QED) is 0.524. The third-order valence-corrected chi connectivity index (χ3v) is 4.98. The summed E-state index contributed by atoms with van der Waals surface area (Å²) in [5.41, 5.74) is 6.20. The van der Waals surface area contributed by atoms with Gasteiger partial charge in [-0.05, 0) is 41.3 Å². The normalized spacial score (nSPS) is 13.7. The summed E-state index contributed by atoms with van der Waals surface area (Å²) >= 11 is 0. The van der Waals surface area contributed by atoms with Crippen molar-refractivity contribution in [1.29, 1.82) is 0 Å². The van der Waals surface area contributed by atoms with Crippen LogP contribution in [0.25, 0.3) is 11.1 Å². The molecular weight excluding hydrogens is 387 g/mol. The lowest BCUT2D eigenvalue weighted by Gasteiger charge is -2.12. The van der Waals surface area contributed by atoms with E-state index in [2.05, 4.69) is 11.0 Å². The molecule has 0 atom stereocenters. The summed E-state index contributed by atoms with van der Waals surface area (Å²) in [6.07, 6.45) is -4.11. The highest BCUT2D eigenvalue weighted by Gasteiger charge is 2.32. The molecule has 0 radical (unpaired) electrons. The fourth-order valence-corrected chi connectivity index (χ4v) is 3.50. The Labute approximate surface area is 172 Å². The van der Waals surface area contributed by atoms with Crippen LogP contribution < -0.4 is 5.32 Å². The predicted molar refractivity (Wildman–Crippen MR) is 111 cm³/mol. The first kappa shape index (κ1) is 19.7. The van der Waals surface area contributed by atoms with Crippen molar-refractivity contribution in [3.8, 4) is 0 Å². The summed E-state index contributed by atoms with van der Waals surface area (Å²) in [4.78, 5) is 12.4. The SMILES string of the molecule is O=C1NCCC(=C=C(c2ccccc2)c2ccccc2)c2cc(C(F)(F)F)ccc21. The number of fused-ring (bicyclic) bond motifs is 1. The number of amides is 1. The van der Waals surface area contributed by atoms with Gasteiger partial charge in [0.2, 0.25) is 0 Å². The minimum atomic E-state index is -4.49. The molecule has 0 spiro atoms. The minimum absolute atomic E-state index is 0.225. The molecule has 3 aromatic carbocycles. The Morgan fingerprint density at radius 1 is 0.833 bits per heavy atom. The molecule has 0 bridgehead atoms. The van der Waals surface area contributed by atoms with E-state index in [0.717, 1.165) is 28.8 Å². The van der Waals surface area contributed by atoms with Gasteiger partial charge in [0.25, 0.3) is 5.91 Å². The molecule has 5 heteroatoms. The second kappa shape index (κ2) is 8.05. The first-order valence-corrected chi connectivity index (χ1v) is 9.54. The summed E-state index contributed by atoms with van der Waals surface area (Å²) in [5, 5.41) is 2.75. The summed E-state index contributed by atoms with van der Waals surface area (Å²) < 4.78 is 40.0. The van der Waals surface area contributed by atoms with Gasteiger partial charge in [-0.25, -0.2) is 0 Å². The van der Waals surface area contributed by atoms with Crippen LogP contribution in [0.2, 0.25) is 0 Å². The molecule has 0 saturated heterocycles. The van der Waals surface area contributed by atoms with E-state index in [1.54, 1.807) is 0 Å². The van der Waals surface area contributed by atoms with Gasteiger partial charge in [-0.2, -0.15) is 13.2 Å². The molecule has 1 N–H and O–H groups in total. The van der Waals surface area contributed by atoms with E-state index in [9.17, 15) is 18.0 Å². The van der Waals surface area contributed by atoms with Crippen LogP contribution in [0, 0.1) is 0 Å². The fourth-order valence-electron chi connectivity index (χ4n) is 3.50. The van der Waals surface area contributed by atoms with Crippen molar-refractivity contribution < 1.29 is 18.0 Å². The number of benzene rings is 3. The summed E-state index contributed by atoms with van der Waals surface area (Å²) in [6.45, 7) is 0.327. The molecule has 3 aromatic rings. The summed E-state index contributed by atoms with van der Waals surface area (Å²) in [7, 11) is 0. The smallest absolute Gasteiger partial charge is 0.352 e. The highest BCUT2D eigenvalue weighted by atomic mass is 19.4. The maximum absolute atomic E-state index is 13.3. The Morgan fingerprint density at radius 3 is 2.00 bits per heavy atom. The van der Waals surface area contributed by atoms with Crippen molar-refractivity contribution in [3.05, 3.63) is 112 Å². The molecule has 1 aliphatic heterocycles. The molecule has 0 fully saturated rings. The largest absolute Gasteiger partial charge is 0.416 e. The maximum Gasteiger partial charge on any atom is 0.416 e. The van der Waals surface area contributed by atoms with E-state index in [1.807, 2.05) is 60.7 Å². The van der Waals surface area contributed by atoms with Crippen molar-refractivity contribution in [3.63, 3.8) is 0 Å². The van der Waals surface area contributed by atoms with E-state index in [-0.39, 0.29) is 17.0 Å². The molecule has 4 rings (SSSR count). The Morgan fingerprint density at radius 2 is 1.43 bits per heavy atom. The first-order valence-electron chi connectivity index (χ1n) is 9.54. The third kappa shape index (κ3) is 4.07. The average molecular weight is 405 g/mol. The van der Waals surface area contributed by atoms with Crippen molar-refractivity contribution in [2.45, 2.75) is 12.6 Å². The van der Waals surface area contributed by atoms with Crippen LogP contribution in [-0.2, 0) is 6.18 Å². The van der Waals surface area contributed by atoms with Gasteiger partial charge in [0.15, 0.2) is 0 Å². The third-order valence-electron chi connectivity index (χ3n) is 4.98. The molecule has 0 aromatic heterocycles. The molecular formula is C25H18F3NO. The monoisotopic (exact) mass is 405 g/mol. The lowest BCUT2D eigenvalue weighted by molar-refractivity contribution is -0.137. The van der Waals surface area contributed by atoms with Crippen molar-refractivity contribution in [2.75, 3.05) is 6.54 Å². The molecule has 0 aliphatic carbocycles. The Balaban J connectivity index is 2.02. The van der Waals surface area contributed by atoms with Crippen LogP contribution in [-0.4, -0.2) is 12.5 Å². The van der Waals surface area contributed by atoms with Gasteiger partial charge in [-0.15, -0.1) is 5.73 Å². The molecule has 150 valence electrons. The first-order chi connectivity index (χ1) is 14.4. The molecule has 0 unspecified atom stereocenters. The predicted octanol–water partition coefficient (Wildman–Crippen LogP) is 5.95. The zero-order valence-electron chi connectivity index (χ0n) is 16.0. The Bertz CT molecular complexity index is 1100. The number of halogens is 3. The number of nitrogens with one attached hydrogen (secondary N) is 1. The lowest BCUT2D eigenvalue weighted by Crippen LogP contribution is -2.22. The van der Waals surface area contributed by atoms with Crippen LogP contribution >= 0.6 is 0 Å². The van der Waals surface area contributed by atoms with Gasteiger partial charge in [-0.1, -0.05) is 60.7 Å². The van der Waals surface area contributed by atoms with Crippen LogP contribution in [0.5, 0.6) is 0 Å². The van der Waals surface area contributed by atoms with Gasteiger partial charge < -0.3 is 5.32 Å². The fraction of sp³-hybridized carbons (Fsp3) is 0.120. The number of alkyl halides is 3. The van der Waals surface area contributed by atoms with Gasteiger partial charge >= 0.3 is 6.18 Å². The summed E-state index contributed by atoms with van der Waals surface area (Å²) in [5.74, 6) is -0.378. The standard InChI is InChI=1S/C25H18F3NO/c26-25(27,28)20-11-12-21-23(16-20)19(13-14-29-24(21)30)15-22(17-7-3-1-4-8-17)18-9-5-2-6-10-18/h1-12,16H,13-14H2,(H,29,30). The van der Waals surface area contributed by atoms with Crippen LogP contribution in [0.1, 0.15) is 39.0 Å². The van der Waals surface area contributed by atoms with Crippen LogP contribution in [0.3, 0.4) is 0 Å². The second-order valence-corrected chi connectivity index (χ2v) is 6.97. The number of hydrogen-bond acceptors (Lipinski definition) is 1. The summed E-state index contributed by atoms with van der Waals surface area (Å²) in [6, 6.07) is 22.4. The van der Waals surface area contributed by atoms with Crippen molar-refractivity contribution in [2.24, 2.45) is 0 Å². The molecule has 0 saturated carbocycles. The minimum Gasteiger partial charge on any atom is -0.352 e. The number of hydrogen-bond donors (Lipinski definition) is 1.